The summed E-state index contributed by atoms with van der Waals surface area (Å²) in [5.41, 5.74) is 1.41. The Balaban J connectivity index is 2.23. The van der Waals surface area contributed by atoms with Gasteiger partial charge in [0.15, 0.2) is 0 Å². The Hall–Kier alpha value is -3.38. The summed E-state index contributed by atoms with van der Waals surface area (Å²) in [4.78, 5) is 23.5. The van der Waals surface area contributed by atoms with E-state index in [1.807, 2.05) is 6.07 Å². The first kappa shape index (κ1) is 19.9. The Morgan fingerprint density at radius 1 is 1.07 bits per heavy atom. The van der Waals surface area contributed by atoms with Crippen LogP contribution in [0.15, 0.2) is 48.5 Å². The second-order valence-corrected chi connectivity index (χ2v) is 7.65. The van der Waals surface area contributed by atoms with Gasteiger partial charge in [0, 0.05) is 18.3 Å². The Kier molecular flexibility index (Phi) is 6.15. The van der Waals surface area contributed by atoms with E-state index >= 15 is 0 Å². The molecule has 2 N–H and O–H groups in total. The highest BCUT2D eigenvalue weighted by molar-refractivity contribution is 7.92. The molecule has 2 amide bonds. The van der Waals surface area contributed by atoms with E-state index in [-0.39, 0.29) is 11.6 Å². The smallest absolute Gasteiger partial charge is 0.245 e. The summed E-state index contributed by atoms with van der Waals surface area (Å²) in [5.74, 6) is -0.867. The number of sulfonamides is 1. The zero-order valence-electron chi connectivity index (χ0n) is 14.8. The second-order valence-electron chi connectivity index (χ2n) is 5.74. The van der Waals surface area contributed by atoms with Gasteiger partial charge >= 0.3 is 0 Å². The average Bonchev–Trinajstić information content (AvgIpc) is 2.58. The number of hydrogen-bond acceptors (Lipinski definition) is 5. The van der Waals surface area contributed by atoms with Crippen LogP contribution in [0.4, 0.5) is 17.1 Å². The van der Waals surface area contributed by atoms with Crippen LogP contribution in [0.5, 0.6) is 0 Å². The van der Waals surface area contributed by atoms with Crippen molar-refractivity contribution in [3.05, 3.63) is 54.1 Å². The molecule has 27 heavy (non-hydrogen) atoms. The van der Waals surface area contributed by atoms with E-state index in [9.17, 15) is 18.0 Å². The van der Waals surface area contributed by atoms with Gasteiger partial charge < -0.3 is 10.6 Å². The minimum atomic E-state index is -3.76. The van der Waals surface area contributed by atoms with Gasteiger partial charge in [-0.15, -0.1) is 0 Å². The van der Waals surface area contributed by atoms with Gasteiger partial charge in [0.1, 0.15) is 6.54 Å². The molecule has 0 saturated heterocycles. The third kappa shape index (κ3) is 5.83. The molecule has 2 rings (SSSR count). The zero-order valence-corrected chi connectivity index (χ0v) is 15.6. The van der Waals surface area contributed by atoms with Crippen LogP contribution in [0, 0.1) is 11.3 Å². The molecule has 0 saturated carbocycles. The van der Waals surface area contributed by atoms with Crippen LogP contribution in [0.3, 0.4) is 0 Å². The molecule has 0 aliphatic rings. The van der Waals surface area contributed by atoms with Gasteiger partial charge in [-0.25, -0.2) is 8.42 Å². The fourth-order valence-corrected chi connectivity index (χ4v) is 3.19. The van der Waals surface area contributed by atoms with Gasteiger partial charge in [0.2, 0.25) is 21.8 Å². The van der Waals surface area contributed by atoms with Crippen molar-refractivity contribution in [2.24, 2.45) is 0 Å². The lowest BCUT2D eigenvalue weighted by Crippen LogP contribution is -2.37. The van der Waals surface area contributed by atoms with E-state index in [1.165, 1.54) is 25.1 Å². The van der Waals surface area contributed by atoms with Gasteiger partial charge in [-0.05, 0) is 36.4 Å². The number of rotatable bonds is 6. The van der Waals surface area contributed by atoms with Crippen molar-refractivity contribution in [2.45, 2.75) is 6.92 Å². The lowest BCUT2D eigenvalue weighted by atomic mass is 10.2. The lowest BCUT2D eigenvalue weighted by Gasteiger charge is -2.22. The van der Waals surface area contributed by atoms with E-state index in [4.69, 9.17) is 5.26 Å². The topological polar surface area (TPSA) is 119 Å². The number of carbonyl (C=O) groups is 2. The van der Waals surface area contributed by atoms with E-state index in [0.717, 1.165) is 10.6 Å². The molecule has 0 heterocycles. The number of hydrogen-bond donors (Lipinski definition) is 2. The van der Waals surface area contributed by atoms with Crippen molar-refractivity contribution in [1.29, 1.82) is 5.26 Å². The predicted octanol–water partition coefficient (Wildman–Crippen LogP) is 1.92. The van der Waals surface area contributed by atoms with E-state index in [0.29, 0.717) is 16.9 Å². The molecule has 2 aromatic rings. The molecule has 140 valence electrons. The molecule has 0 unspecified atom stereocenters. The maximum Gasteiger partial charge on any atom is 0.245 e. The fraction of sp³-hybridized carbons (Fsp3) is 0.167. The standard InChI is InChI=1S/C18H18N4O4S/c1-13(23)20-16-7-4-8-17(10-16)22(27(2,25)26)12-18(24)21-15-6-3-5-14(9-15)11-19/h3-10H,12H2,1-2H3,(H,20,23)(H,21,24). The molecule has 0 radical (unpaired) electrons. The monoisotopic (exact) mass is 386 g/mol. The van der Waals surface area contributed by atoms with Crippen molar-refractivity contribution >= 4 is 38.9 Å². The molecule has 0 spiro atoms. The van der Waals surface area contributed by atoms with E-state index in [2.05, 4.69) is 10.6 Å². The van der Waals surface area contributed by atoms with Crippen LogP contribution >= 0.6 is 0 Å². The number of anilines is 3. The van der Waals surface area contributed by atoms with Crippen molar-refractivity contribution in [3.63, 3.8) is 0 Å². The normalized spacial score (nSPS) is 10.6. The Bertz CT molecular complexity index is 1010. The molecular weight excluding hydrogens is 368 g/mol. The summed E-state index contributed by atoms with van der Waals surface area (Å²) in [7, 11) is -3.76. The van der Waals surface area contributed by atoms with Crippen molar-refractivity contribution in [3.8, 4) is 6.07 Å². The van der Waals surface area contributed by atoms with Crippen LogP contribution in [0.2, 0.25) is 0 Å². The summed E-state index contributed by atoms with van der Waals surface area (Å²) in [5, 5.41) is 14.0. The van der Waals surface area contributed by atoms with E-state index < -0.39 is 22.5 Å². The molecule has 0 aromatic heterocycles. The third-order valence-corrected chi connectivity index (χ3v) is 4.56. The molecule has 8 nitrogen and oxygen atoms in total. The zero-order chi connectivity index (χ0) is 20.0. The first-order valence-corrected chi connectivity index (χ1v) is 9.69. The number of nitriles is 1. The molecule has 2 aromatic carbocycles. The second kappa shape index (κ2) is 8.33. The summed E-state index contributed by atoms with van der Waals surface area (Å²) >= 11 is 0. The Labute approximate surface area is 157 Å². The highest BCUT2D eigenvalue weighted by Gasteiger charge is 2.21. The lowest BCUT2D eigenvalue weighted by molar-refractivity contribution is -0.115. The molecule has 9 heteroatoms. The van der Waals surface area contributed by atoms with Crippen LogP contribution in [0.25, 0.3) is 0 Å². The number of amides is 2. The Morgan fingerprint density at radius 2 is 1.70 bits per heavy atom. The van der Waals surface area contributed by atoms with Crippen molar-refractivity contribution in [1.82, 2.24) is 0 Å². The first-order valence-electron chi connectivity index (χ1n) is 7.84. The molecule has 0 fully saturated rings. The van der Waals surface area contributed by atoms with Gasteiger partial charge in [-0.3, -0.25) is 13.9 Å². The van der Waals surface area contributed by atoms with Gasteiger partial charge in [0.05, 0.1) is 23.6 Å². The molecule has 0 bridgehead atoms. The molecule has 0 aliphatic heterocycles. The first-order chi connectivity index (χ1) is 12.7. The fourth-order valence-electron chi connectivity index (χ4n) is 2.34. The highest BCUT2D eigenvalue weighted by atomic mass is 32.2. The largest absolute Gasteiger partial charge is 0.326 e. The Morgan fingerprint density at radius 3 is 2.30 bits per heavy atom. The summed E-state index contributed by atoms with van der Waals surface area (Å²) in [6.45, 7) is 0.878. The maximum absolute atomic E-state index is 12.3. The summed E-state index contributed by atoms with van der Waals surface area (Å²) < 4.78 is 25.3. The predicted molar refractivity (Wildman–Crippen MR) is 103 cm³/mol. The van der Waals surface area contributed by atoms with Crippen LogP contribution in [-0.4, -0.2) is 33.0 Å². The summed E-state index contributed by atoms with van der Waals surface area (Å²) in [6.07, 6.45) is 0.988. The van der Waals surface area contributed by atoms with E-state index in [1.54, 1.807) is 30.3 Å². The maximum atomic E-state index is 12.3. The minimum absolute atomic E-state index is 0.240. The third-order valence-electron chi connectivity index (χ3n) is 3.42. The molecular formula is C18H18N4O4S. The van der Waals surface area contributed by atoms with Crippen molar-refractivity contribution < 1.29 is 18.0 Å². The van der Waals surface area contributed by atoms with Crippen LogP contribution in [0.1, 0.15) is 12.5 Å². The van der Waals surface area contributed by atoms with Crippen LogP contribution < -0.4 is 14.9 Å². The number of nitrogens with zero attached hydrogens (tertiary/aromatic N) is 2. The molecule has 0 atom stereocenters. The SMILES string of the molecule is CC(=O)Nc1cccc(N(CC(=O)Nc2cccc(C#N)c2)S(C)(=O)=O)c1. The van der Waals surface area contributed by atoms with Crippen LogP contribution in [-0.2, 0) is 19.6 Å². The highest BCUT2D eigenvalue weighted by Crippen LogP contribution is 2.22. The van der Waals surface area contributed by atoms with Gasteiger partial charge in [-0.1, -0.05) is 12.1 Å². The van der Waals surface area contributed by atoms with Crippen molar-refractivity contribution in [2.75, 3.05) is 27.7 Å². The number of benzene rings is 2. The average molecular weight is 386 g/mol. The quantitative estimate of drug-likeness (QED) is 0.786. The molecule has 0 aliphatic carbocycles. The van der Waals surface area contributed by atoms with Gasteiger partial charge in [0.25, 0.3) is 0 Å². The minimum Gasteiger partial charge on any atom is -0.326 e. The number of carbonyl (C=O) groups excluding carboxylic acids is 2. The number of nitrogens with one attached hydrogen (secondary N) is 2. The van der Waals surface area contributed by atoms with Gasteiger partial charge in [-0.2, -0.15) is 5.26 Å². The summed E-state index contributed by atoms with van der Waals surface area (Å²) in [6, 6.07) is 14.4.